The van der Waals surface area contributed by atoms with E-state index >= 15 is 0 Å². The molecule has 1 aromatic carbocycles. The van der Waals surface area contributed by atoms with Gasteiger partial charge in [-0.15, -0.1) is 11.3 Å². The third-order valence-corrected chi connectivity index (χ3v) is 4.17. The van der Waals surface area contributed by atoms with Crippen LogP contribution in [0.15, 0.2) is 41.8 Å². The summed E-state index contributed by atoms with van der Waals surface area (Å²) in [7, 11) is 1.61. The molecule has 21 heavy (non-hydrogen) atoms. The number of aliphatic hydroxyl groups excluding tert-OH is 1. The second kappa shape index (κ2) is 8.02. The Morgan fingerprint density at radius 2 is 2.05 bits per heavy atom. The Morgan fingerprint density at radius 1 is 1.24 bits per heavy atom. The molecule has 0 fully saturated rings. The summed E-state index contributed by atoms with van der Waals surface area (Å²) in [4.78, 5) is 1.26. The molecule has 0 aliphatic carbocycles. The molecular formula is C16H21NO3S. The van der Waals surface area contributed by atoms with Crippen molar-refractivity contribution in [2.24, 2.45) is 0 Å². The summed E-state index contributed by atoms with van der Waals surface area (Å²) in [6.45, 7) is 2.82. The summed E-state index contributed by atoms with van der Waals surface area (Å²) in [5, 5.41) is 15.3. The van der Waals surface area contributed by atoms with Crippen LogP contribution in [0.2, 0.25) is 0 Å². The predicted octanol–water partition coefficient (Wildman–Crippen LogP) is 2.85. The Bertz CT molecular complexity index is 530. The molecule has 2 N–H and O–H groups in total. The molecule has 4 nitrogen and oxygen atoms in total. The molecule has 1 heterocycles. The van der Waals surface area contributed by atoms with Crippen LogP contribution in [0.4, 0.5) is 0 Å². The van der Waals surface area contributed by atoms with Gasteiger partial charge in [-0.3, -0.25) is 0 Å². The first-order chi connectivity index (χ1) is 10.2. The maximum absolute atomic E-state index is 9.97. The Hall–Kier alpha value is -1.56. The lowest BCUT2D eigenvalue weighted by Gasteiger charge is -2.17. The Kier molecular flexibility index (Phi) is 6.04. The van der Waals surface area contributed by atoms with E-state index in [4.69, 9.17) is 9.47 Å². The molecule has 0 amide bonds. The van der Waals surface area contributed by atoms with Crippen molar-refractivity contribution in [2.75, 3.05) is 20.3 Å². The monoisotopic (exact) mass is 307 g/mol. The van der Waals surface area contributed by atoms with Gasteiger partial charge in [-0.25, -0.2) is 0 Å². The molecule has 2 aromatic rings. The molecular weight excluding hydrogens is 286 g/mol. The number of ether oxygens (including phenoxy) is 2. The SMILES string of the molecule is COc1cccc(OCC(O)CNC(C)c2cccs2)c1. The van der Waals surface area contributed by atoms with Crippen LogP contribution in [0.25, 0.3) is 0 Å². The van der Waals surface area contributed by atoms with Gasteiger partial charge in [-0.05, 0) is 30.5 Å². The Labute approximate surface area is 129 Å². The normalized spacial score (nSPS) is 13.7. The lowest BCUT2D eigenvalue weighted by molar-refractivity contribution is 0.104. The van der Waals surface area contributed by atoms with Gasteiger partial charge >= 0.3 is 0 Å². The summed E-state index contributed by atoms with van der Waals surface area (Å²) >= 11 is 1.71. The van der Waals surface area contributed by atoms with E-state index in [1.165, 1.54) is 4.88 Å². The first kappa shape index (κ1) is 15.8. The number of rotatable bonds is 8. The number of nitrogens with one attached hydrogen (secondary N) is 1. The van der Waals surface area contributed by atoms with E-state index in [0.717, 1.165) is 5.75 Å². The van der Waals surface area contributed by atoms with E-state index in [9.17, 15) is 5.11 Å². The van der Waals surface area contributed by atoms with Crippen molar-refractivity contribution in [1.29, 1.82) is 0 Å². The summed E-state index contributed by atoms with van der Waals surface area (Å²) < 4.78 is 10.7. The molecule has 0 aliphatic rings. The van der Waals surface area contributed by atoms with Crippen molar-refractivity contribution in [3.63, 3.8) is 0 Å². The molecule has 2 unspecified atom stereocenters. The molecule has 0 saturated carbocycles. The van der Waals surface area contributed by atoms with Crippen LogP contribution < -0.4 is 14.8 Å². The van der Waals surface area contributed by atoms with E-state index in [-0.39, 0.29) is 12.6 Å². The number of hydrogen-bond donors (Lipinski definition) is 2. The van der Waals surface area contributed by atoms with Crippen molar-refractivity contribution in [3.05, 3.63) is 46.7 Å². The first-order valence-electron chi connectivity index (χ1n) is 6.90. The molecule has 0 bridgehead atoms. The zero-order valence-corrected chi connectivity index (χ0v) is 13.1. The number of aliphatic hydroxyl groups is 1. The summed E-state index contributed by atoms with van der Waals surface area (Å²) in [5.74, 6) is 1.44. The van der Waals surface area contributed by atoms with Crippen LogP contribution in [0, 0.1) is 0 Å². The molecule has 1 aromatic heterocycles. The maximum Gasteiger partial charge on any atom is 0.123 e. The fourth-order valence-corrected chi connectivity index (χ4v) is 2.65. The van der Waals surface area contributed by atoms with Gasteiger partial charge in [-0.1, -0.05) is 12.1 Å². The van der Waals surface area contributed by atoms with Crippen molar-refractivity contribution in [1.82, 2.24) is 5.32 Å². The lowest BCUT2D eigenvalue weighted by atomic mass is 10.2. The van der Waals surface area contributed by atoms with E-state index in [1.807, 2.05) is 24.3 Å². The highest BCUT2D eigenvalue weighted by Crippen LogP contribution is 2.19. The van der Waals surface area contributed by atoms with Gasteiger partial charge in [0.15, 0.2) is 0 Å². The summed E-state index contributed by atoms with van der Waals surface area (Å²) in [5.41, 5.74) is 0. The summed E-state index contributed by atoms with van der Waals surface area (Å²) in [6, 6.07) is 11.7. The van der Waals surface area contributed by atoms with Gasteiger partial charge in [0.1, 0.15) is 24.2 Å². The molecule has 2 atom stereocenters. The number of hydrogen-bond acceptors (Lipinski definition) is 5. The van der Waals surface area contributed by atoms with E-state index < -0.39 is 6.10 Å². The van der Waals surface area contributed by atoms with E-state index in [2.05, 4.69) is 23.7 Å². The van der Waals surface area contributed by atoms with Crippen LogP contribution in [0.1, 0.15) is 17.8 Å². The average Bonchev–Trinajstić information content (AvgIpc) is 3.05. The van der Waals surface area contributed by atoms with Crippen LogP contribution >= 0.6 is 11.3 Å². The van der Waals surface area contributed by atoms with E-state index in [1.54, 1.807) is 24.5 Å². The van der Waals surface area contributed by atoms with Gasteiger partial charge < -0.3 is 19.9 Å². The smallest absolute Gasteiger partial charge is 0.123 e. The number of thiophene rings is 1. The van der Waals surface area contributed by atoms with Crippen LogP contribution in [-0.2, 0) is 0 Å². The van der Waals surface area contributed by atoms with Crippen molar-refractivity contribution in [3.8, 4) is 11.5 Å². The zero-order chi connectivity index (χ0) is 15.1. The van der Waals surface area contributed by atoms with Gasteiger partial charge in [0, 0.05) is 23.5 Å². The third-order valence-electron chi connectivity index (χ3n) is 3.11. The molecule has 114 valence electrons. The second-order valence-corrected chi connectivity index (χ2v) is 5.77. The minimum absolute atomic E-state index is 0.233. The van der Waals surface area contributed by atoms with Gasteiger partial charge in [0.05, 0.1) is 7.11 Å². The molecule has 5 heteroatoms. The van der Waals surface area contributed by atoms with Gasteiger partial charge in [0.25, 0.3) is 0 Å². The largest absolute Gasteiger partial charge is 0.497 e. The Balaban J connectivity index is 1.73. The minimum Gasteiger partial charge on any atom is -0.497 e. The molecule has 0 saturated heterocycles. The minimum atomic E-state index is -0.557. The molecule has 0 spiro atoms. The van der Waals surface area contributed by atoms with Crippen molar-refractivity contribution in [2.45, 2.75) is 19.1 Å². The van der Waals surface area contributed by atoms with Gasteiger partial charge in [-0.2, -0.15) is 0 Å². The van der Waals surface area contributed by atoms with Crippen molar-refractivity contribution < 1.29 is 14.6 Å². The fourth-order valence-electron chi connectivity index (χ4n) is 1.89. The lowest BCUT2D eigenvalue weighted by Crippen LogP contribution is -2.32. The third kappa shape index (κ3) is 5.04. The highest BCUT2D eigenvalue weighted by Gasteiger charge is 2.10. The zero-order valence-electron chi connectivity index (χ0n) is 12.3. The standard InChI is InChI=1S/C16H21NO3S/c1-12(16-7-4-8-21-16)17-10-13(18)11-20-15-6-3-5-14(9-15)19-2/h3-9,12-13,17-18H,10-11H2,1-2H3. The molecule has 0 aliphatic heterocycles. The molecule has 0 radical (unpaired) electrons. The highest BCUT2D eigenvalue weighted by molar-refractivity contribution is 7.10. The summed E-state index contributed by atoms with van der Waals surface area (Å²) in [6.07, 6.45) is -0.557. The van der Waals surface area contributed by atoms with Crippen LogP contribution in [0.3, 0.4) is 0 Å². The first-order valence-corrected chi connectivity index (χ1v) is 7.78. The van der Waals surface area contributed by atoms with Crippen LogP contribution in [0.5, 0.6) is 11.5 Å². The second-order valence-electron chi connectivity index (χ2n) is 4.79. The number of benzene rings is 1. The topological polar surface area (TPSA) is 50.7 Å². The fraction of sp³-hybridized carbons (Fsp3) is 0.375. The highest BCUT2D eigenvalue weighted by atomic mass is 32.1. The quantitative estimate of drug-likeness (QED) is 0.787. The van der Waals surface area contributed by atoms with Crippen LogP contribution in [-0.4, -0.2) is 31.5 Å². The maximum atomic E-state index is 9.97. The van der Waals surface area contributed by atoms with Gasteiger partial charge in [0.2, 0.25) is 0 Å². The predicted molar refractivity (Wildman–Crippen MR) is 85.2 cm³/mol. The molecule has 2 rings (SSSR count). The number of methoxy groups -OCH3 is 1. The average molecular weight is 307 g/mol. The Morgan fingerprint density at radius 3 is 2.76 bits per heavy atom. The van der Waals surface area contributed by atoms with E-state index in [0.29, 0.717) is 12.3 Å². The van der Waals surface area contributed by atoms with Crippen molar-refractivity contribution >= 4 is 11.3 Å².